The molecule has 0 aliphatic heterocycles. The van der Waals surface area contributed by atoms with Gasteiger partial charge in [0, 0.05) is 5.56 Å². The molecule has 1 aromatic rings. The van der Waals surface area contributed by atoms with Crippen LogP contribution in [0.15, 0.2) is 23.2 Å². The smallest absolute Gasteiger partial charge is 0.280 e. The van der Waals surface area contributed by atoms with E-state index in [2.05, 4.69) is 4.99 Å². The number of methoxy groups -OCH3 is 2. The van der Waals surface area contributed by atoms with Crippen LogP contribution >= 0.6 is 0 Å². The number of nitrogens with two attached hydrogens (primary N) is 2. The summed E-state index contributed by atoms with van der Waals surface area (Å²) >= 11 is 0. The number of aliphatic imine (C=N–C) groups is 1. The first-order chi connectivity index (χ1) is 7.58. The summed E-state index contributed by atoms with van der Waals surface area (Å²) in [7, 11) is 2.99. The van der Waals surface area contributed by atoms with Gasteiger partial charge in [-0.05, 0) is 18.2 Å². The van der Waals surface area contributed by atoms with E-state index in [9.17, 15) is 4.79 Å². The highest BCUT2D eigenvalue weighted by molar-refractivity contribution is 6.02. The van der Waals surface area contributed by atoms with Crippen LogP contribution in [-0.4, -0.2) is 26.1 Å². The van der Waals surface area contributed by atoms with Crippen molar-refractivity contribution < 1.29 is 14.3 Å². The van der Waals surface area contributed by atoms with Crippen molar-refractivity contribution in [2.75, 3.05) is 14.2 Å². The van der Waals surface area contributed by atoms with Gasteiger partial charge in [0.25, 0.3) is 5.91 Å². The van der Waals surface area contributed by atoms with Crippen molar-refractivity contribution in [1.82, 2.24) is 0 Å². The average molecular weight is 223 g/mol. The highest BCUT2D eigenvalue weighted by Crippen LogP contribution is 2.27. The number of hydrogen-bond donors (Lipinski definition) is 2. The lowest BCUT2D eigenvalue weighted by Gasteiger charge is -2.07. The molecule has 0 saturated heterocycles. The Morgan fingerprint density at radius 2 is 1.81 bits per heavy atom. The molecular weight excluding hydrogens is 210 g/mol. The average Bonchev–Trinajstić information content (AvgIpc) is 2.27. The largest absolute Gasteiger partial charge is 0.493 e. The summed E-state index contributed by atoms with van der Waals surface area (Å²) in [6.07, 6.45) is 0. The Morgan fingerprint density at radius 3 is 2.31 bits per heavy atom. The molecular formula is C10H13N3O3. The first kappa shape index (κ1) is 11.8. The molecule has 0 radical (unpaired) electrons. The van der Waals surface area contributed by atoms with Gasteiger partial charge in [-0.2, -0.15) is 4.99 Å². The van der Waals surface area contributed by atoms with Gasteiger partial charge >= 0.3 is 0 Å². The predicted molar refractivity (Wildman–Crippen MR) is 59.7 cm³/mol. The number of benzene rings is 1. The van der Waals surface area contributed by atoms with Crippen molar-refractivity contribution >= 4 is 11.9 Å². The molecule has 0 atom stereocenters. The zero-order valence-corrected chi connectivity index (χ0v) is 9.06. The van der Waals surface area contributed by atoms with Crippen LogP contribution < -0.4 is 20.9 Å². The van der Waals surface area contributed by atoms with Crippen molar-refractivity contribution in [3.8, 4) is 11.5 Å². The SMILES string of the molecule is COc1ccc(C(=O)N=C(N)N)cc1OC. The van der Waals surface area contributed by atoms with E-state index in [1.54, 1.807) is 12.1 Å². The zero-order chi connectivity index (χ0) is 12.1. The molecule has 0 aliphatic rings. The number of carbonyl (C=O) groups excluding carboxylic acids is 1. The molecule has 0 saturated carbocycles. The van der Waals surface area contributed by atoms with Gasteiger partial charge in [0.1, 0.15) is 0 Å². The molecule has 1 aromatic carbocycles. The zero-order valence-electron chi connectivity index (χ0n) is 9.06. The molecule has 16 heavy (non-hydrogen) atoms. The maximum absolute atomic E-state index is 11.5. The fourth-order valence-electron chi connectivity index (χ4n) is 1.15. The summed E-state index contributed by atoms with van der Waals surface area (Å²) < 4.78 is 10.1. The lowest BCUT2D eigenvalue weighted by atomic mass is 10.2. The van der Waals surface area contributed by atoms with Crippen molar-refractivity contribution in [1.29, 1.82) is 0 Å². The fraction of sp³-hybridized carbons (Fsp3) is 0.200. The Hall–Kier alpha value is -2.24. The summed E-state index contributed by atoms with van der Waals surface area (Å²) in [6, 6.07) is 4.66. The minimum atomic E-state index is -0.527. The number of hydrogen-bond acceptors (Lipinski definition) is 3. The monoisotopic (exact) mass is 223 g/mol. The summed E-state index contributed by atoms with van der Waals surface area (Å²) in [4.78, 5) is 14.9. The van der Waals surface area contributed by atoms with E-state index >= 15 is 0 Å². The maximum Gasteiger partial charge on any atom is 0.280 e. The minimum Gasteiger partial charge on any atom is -0.493 e. The Balaban J connectivity index is 3.08. The normalized spacial score (nSPS) is 9.38. The van der Waals surface area contributed by atoms with Crippen LogP contribution in [0.2, 0.25) is 0 Å². The van der Waals surface area contributed by atoms with Gasteiger partial charge in [0.15, 0.2) is 17.5 Å². The third-order valence-electron chi connectivity index (χ3n) is 1.86. The molecule has 86 valence electrons. The molecule has 0 spiro atoms. The van der Waals surface area contributed by atoms with Gasteiger partial charge in [-0.1, -0.05) is 0 Å². The number of amides is 1. The lowest BCUT2D eigenvalue weighted by Crippen LogP contribution is -2.24. The molecule has 0 heterocycles. The number of nitrogens with zero attached hydrogens (tertiary/aromatic N) is 1. The van der Waals surface area contributed by atoms with Gasteiger partial charge in [0.05, 0.1) is 14.2 Å². The van der Waals surface area contributed by atoms with E-state index in [1.807, 2.05) is 0 Å². The van der Waals surface area contributed by atoms with E-state index < -0.39 is 5.91 Å². The van der Waals surface area contributed by atoms with Crippen molar-refractivity contribution in [3.63, 3.8) is 0 Å². The van der Waals surface area contributed by atoms with Crippen LogP contribution in [0.3, 0.4) is 0 Å². The van der Waals surface area contributed by atoms with Crippen LogP contribution in [0.5, 0.6) is 11.5 Å². The topological polar surface area (TPSA) is 99.9 Å². The van der Waals surface area contributed by atoms with Crippen LogP contribution in [0.1, 0.15) is 10.4 Å². The van der Waals surface area contributed by atoms with E-state index in [0.717, 1.165) is 0 Å². The van der Waals surface area contributed by atoms with Gasteiger partial charge in [-0.3, -0.25) is 4.79 Å². The highest BCUT2D eigenvalue weighted by atomic mass is 16.5. The van der Waals surface area contributed by atoms with Crippen molar-refractivity contribution in [2.24, 2.45) is 16.5 Å². The molecule has 4 N–H and O–H groups in total. The Bertz CT molecular complexity index is 425. The van der Waals surface area contributed by atoms with Gasteiger partial charge < -0.3 is 20.9 Å². The van der Waals surface area contributed by atoms with E-state index in [-0.39, 0.29) is 5.96 Å². The van der Waals surface area contributed by atoms with E-state index in [0.29, 0.717) is 17.1 Å². The molecule has 1 amide bonds. The molecule has 0 bridgehead atoms. The number of rotatable bonds is 3. The summed E-state index contributed by atoms with van der Waals surface area (Å²) in [5.74, 6) is 0.170. The number of ether oxygens (including phenoxy) is 2. The van der Waals surface area contributed by atoms with E-state index in [1.165, 1.54) is 20.3 Å². The second-order valence-electron chi connectivity index (χ2n) is 2.91. The second kappa shape index (κ2) is 5.01. The van der Waals surface area contributed by atoms with Gasteiger partial charge in [-0.15, -0.1) is 0 Å². The Labute approximate surface area is 92.9 Å². The number of guanidine groups is 1. The molecule has 0 unspecified atom stereocenters. The molecule has 0 aliphatic carbocycles. The third-order valence-corrected chi connectivity index (χ3v) is 1.86. The first-order valence-electron chi connectivity index (χ1n) is 4.44. The molecule has 1 rings (SSSR count). The Kier molecular flexibility index (Phi) is 3.71. The minimum absolute atomic E-state index is 0.278. The molecule has 0 aromatic heterocycles. The molecule has 6 nitrogen and oxygen atoms in total. The maximum atomic E-state index is 11.5. The van der Waals surface area contributed by atoms with Gasteiger partial charge in [0.2, 0.25) is 0 Å². The summed E-state index contributed by atoms with van der Waals surface area (Å²) in [6.45, 7) is 0. The summed E-state index contributed by atoms with van der Waals surface area (Å²) in [5.41, 5.74) is 10.5. The van der Waals surface area contributed by atoms with Crippen LogP contribution in [0, 0.1) is 0 Å². The standard InChI is InChI=1S/C10H13N3O3/c1-15-7-4-3-6(5-8(7)16-2)9(14)13-10(11)12/h3-5H,1-2H3,(H4,11,12,13,14). The molecule has 0 fully saturated rings. The van der Waals surface area contributed by atoms with Crippen molar-refractivity contribution in [3.05, 3.63) is 23.8 Å². The highest BCUT2D eigenvalue weighted by Gasteiger charge is 2.09. The van der Waals surface area contributed by atoms with Crippen LogP contribution in [0.25, 0.3) is 0 Å². The first-order valence-corrected chi connectivity index (χ1v) is 4.44. The lowest BCUT2D eigenvalue weighted by molar-refractivity contribution is 0.100. The Morgan fingerprint density at radius 1 is 1.19 bits per heavy atom. The fourth-order valence-corrected chi connectivity index (χ4v) is 1.15. The number of carbonyl (C=O) groups is 1. The summed E-state index contributed by atoms with van der Waals surface area (Å²) in [5, 5.41) is 0. The quantitative estimate of drug-likeness (QED) is 0.560. The molecule has 6 heteroatoms. The predicted octanol–water partition coefficient (Wildman–Crippen LogP) is 0.117. The second-order valence-corrected chi connectivity index (χ2v) is 2.91. The van der Waals surface area contributed by atoms with Gasteiger partial charge in [-0.25, -0.2) is 0 Å². The van der Waals surface area contributed by atoms with Crippen LogP contribution in [-0.2, 0) is 0 Å². The van der Waals surface area contributed by atoms with Crippen molar-refractivity contribution in [2.45, 2.75) is 0 Å². The van der Waals surface area contributed by atoms with Crippen LogP contribution in [0.4, 0.5) is 0 Å². The third kappa shape index (κ3) is 2.63. The van der Waals surface area contributed by atoms with E-state index in [4.69, 9.17) is 20.9 Å².